The third kappa shape index (κ3) is 6.08. The normalized spacial score (nSPS) is 14.4. The van der Waals surface area contributed by atoms with Crippen molar-refractivity contribution in [3.05, 3.63) is 65.6 Å². The van der Waals surface area contributed by atoms with Crippen LogP contribution in [0.3, 0.4) is 0 Å². The maximum atomic E-state index is 15.2. The smallest absolute Gasteiger partial charge is 0.229 e. The van der Waals surface area contributed by atoms with Crippen molar-refractivity contribution in [2.24, 2.45) is 0 Å². The molecular formula is C28H32ClF2N7O. The van der Waals surface area contributed by atoms with Gasteiger partial charge in [0.05, 0.1) is 23.7 Å². The number of likely N-dealkylation sites (N-methyl/N-ethyl adjacent to an activating group) is 1. The van der Waals surface area contributed by atoms with Gasteiger partial charge in [0.15, 0.2) is 5.82 Å². The molecule has 0 spiro atoms. The van der Waals surface area contributed by atoms with Gasteiger partial charge >= 0.3 is 0 Å². The fraction of sp³-hybridized carbons (Fsp3) is 0.357. The first-order chi connectivity index (χ1) is 18.1. The molecule has 4 aromatic rings. The Hall–Kier alpha value is -3.47. The highest BCUT2D eigenvalue weighted by Crippen LogP contribution is 2.34. The molecule has 0 saturated carbocycles. The zero-order valence-electron chi connectivity index (χ0n) is 22.4. The van der Waals surface area contributed by atoms with Crippen molar-refractivity contribution in [3.8, 4) is 11.3 Å². The average Bonchev–Trinajstić information content (AvgIpc) is 2.89. The Balaban J connectivity index is 0.00000353. The lowest BCUT2D eigenvalue weighted by molar-refractivity contribution is 0.0800. The minimum Gasteiger partial charge on any atom is -0.386 e. The van der Waals surface area contributed by atoms with Gasteiger partial charge in [-0.25, -0.2) is 23.7 Å². The van der Waals surface area contributed by atoms with Crippen LogP contribution >= 0.6 is 12.4 Å². The van der Waals surface area contributed by atoms with E-state index in [4.69, 9.17) is 0 Å². The second-order valence-corrected chi connectivity index (χ2v) is 10.1. The summed E-state index contributed by atoms with van der Waals surface area (Å²) in [6.45, 7) is 12.1. The van der Waals surface area contributed by atoms with Crippen LogP contribution < -0.4 is 10.2 Å². The summed E-state index contributed by atoms with van der Waals surface area (Å²) in [7, 11) is 0. The van der Waals surface area contributed by atoms with Gasteiger partial charge in [0.25, 0.3) is 0 Å². The van der Waals surface area contributed by atoms with Crippen LogP contribution in [0.25, 0.3) is 22.2 Å². The van der Waals surface area contributed by atoms with Gasteiger partial charge in [-0.15, -0.1) is 12.4 Å². The molecule has 1 aliphatic heterocycles. The van der Waals surface area contributed by atoms with Crippen LogP contribution in [0.4, 0.5) is 26.2 Å². The first-order valence-corrected chi connectivity index (χ1v) is 12.7. The lowest BCUT2D eigenvalue weighted by Gasteiger charge is -2.35. The van der Waals surface area contributed by atoms with Gasteiger partial charge in [0, 0.05) is 42.8 Å². The molecule has 0 atom stereocenters. The molecular weight excluding hydrogens is 524 g/mol. The molecule has 0 bridgehead atoms. The summed E-state index contributed by atoms with van der Waals surface area (Å²) in [6, 6.07) is 8.30. The number of nitrogens with one attached hydrogen (secondary N) is 1. The van der Waals surface area contributed by atoms with Crippen LogP contribution in [-0.4, -0.2) is 62.7 Å². The number of piperazine rings is 1. The Morgan fingerprint density at radius 1 is 0.974 bits per heavy atom. The minimum atomic E-state index is -1.25. The van der Waals surface area contributed by atoms with E-state index in [2.05, 4.69) is 42.0 Å². The van der Waals surface area contributed by atoms with Crippen LogP contribution in [-0.2, 0) is 5.60 Å². The predicted octanol–water partition coefficient (Wildman–Crippen LogP) is 5.21. The fourth-order valence-corrected chi connectivity index (χ4v) is 4.77. The Bertz CT molecular complexity index is 1470. The van der Waals surface area contributed by atoms with Gasteiger partial charge in [-0.05, 0) is 63.2 Å². The number of benzene rings is 1. The van der Waals surface area contributed by atoms with Gasteiger partial charge in [-0.1, -0.05) is 6.92 Å². The molecule has 0 unspecified atom stereocenters. The van der Waals surface area contributed by atoms with Gasteiger partial charge < -0.3 is 20.2 Å². The summed E-state index contributed by atoms with van der Waals surface area (Å²) in [6.07, 6.45) is 2.83. The largest absolute Gasteiger partial charge is 0.386 e. The number of aliphatic hydroxyl groups is 1. The van der Waals surface area contributed by atoms with E-state index in [-0.39, 0.29) is 35.1 Å². The van der Waals surface area contributed by atoms with Crippen LogP contribution in [0.2, 0.25) is 0 Å². The van der Waals surface area contributed by atoms with E-state index < -0.39 is 17.2 Å². The third-order valence-electron chi connectivity index (χ3n) is 6.84. The lowest BCUT2D eigenvalue weighted by atomic mass is 9.92. The van der Waals surface area contributed by atoms with E-state index in [0.717, 1.165) is 44.6 Å². The molecule has 1 aromatic carbocycles. The topological polar surface area (TPSA) is 90.3 Å². The zero-order valence-corrected chi connectivity index (χ0v) is 23.2. The third-order valence-corrected chi connectivity index (χ3v) is 6.84. The quantitative estimate of drug-likeness (QED) is 0.335. The predicted molar refractivity (Wildman–Crippen MR) is 152 cm³/mol. The number of aromatic nitrogens is 4. The Kier molecular flexibility index (Phi) is 8.29. The van der Waals surface area contributed by atoms with E-state index in [9.17, 15) is 9.50 Å². The van der Waals surface area contributed by atoms with E-state index in [1.165, 1.54) is 6.07 Å². The number of nitrogens with zero attached hydrogens (tertiary/aromatic N) is 6. The van der Waals surface area contributed by atoms with Crippen molar-refractivity contribution in [3.63, 3.8) is 0 Å². The van der Waals surface area contributed by atoms with Crippen LogP contribution in [0.1, 0.15) is 32.0 Å². The summed E-state index contributed by atoms with van der Waals surface area (Å²) < 4.78 is 30.0. The number of halogens is 3. The van der Waals surface area contributed by atoms with Gasteiger partial charge in [-0.2, -0.15) is 0 Å². The number of rotatable bonds is 6. The molecule has 3 aromatic heterocycles. The van der Waals surface area contributed by atoms with Crippen molar-refractivity contribution >= 4 is 40.8 Å². The monoisotopic (exact) mass is 555 g/mol. The van der Waals surface area contributed by atoms with E-state index in [1.54, 1.807) is 39.1 Å². The molecule has 0 radical (unpaired) electrons. The number of pyridine rings is 2. The summed E-state index contributed by atoms with van der Waals surface area (Å²) in [4.78, 5) is 21.8. The maximum absolute atomic E-state index is 15.2. The number of hydrogen-bond donors (Lipinski definition) is 2. The molecule has 206 valence electrons. The van der Waals surface area contributed by atoms with Gasteiger partial charge in [0.2, 0.25) is 5.95 Å². The van der Waals surface area contributed by atoms with Crippen molar-refractivity contribution < 1.29 is 13.9 Å². The summed E-state index contributed by atoms with van der Waals surface area (Å²) in [5.41, 5.74) is 1.09. The second-order valence-electron chi connectivity index (χ2n) is 10.1. The second kappa shape index (κ2) is 11.3. The molecule has 39 heavy (non-hydrogen) atoms. The van der Waals surface area contributed by atoms with Gasteiger partial charge in [-0.3, -0.25) is 4.98 Å². The summed E-state index contributed by atoms with van der Waals surface area (Å²) in [5, 5.41) is 14.1. The molecule has 4 heterocycles. The summed E-state index contributed by atoms with van der Waals surface area (Å²) in [5.74, 6) is -0.694. The molecule has 11 heteroatoms. The molecule has 1 fully saturated rings. The van der Waals surface area contributed by atoms with Crippen LogP contribution in [0.15, 0.2) is 42.7 Å². The maximum Gasteiger partial charge on any atom is 0.229 e. The van der Waals surface area contributed by atoms with E-state index >= 15 is 4.39 Å². The van der Waals surface area contributed by atoms with Gasteiger partial charge in [0.1, 0.15) is 22.8 Å². The highest BCUT2D eigenvalue weighted by atomic mass is 35.5. The van der Waals surface area contributed by atoms with Crippen molar-refractivity contribution in [2.45, 2.75) is 33.3 Å². The Labute approximate surface area is 232 Å². The standard InChI is InChI=1S/C28H31F2N7O.ClH/c1-5-36-8-10-37(11-9-36)19-6-7-24(31-15-19)34-27-32-16-23(30)25(35-27)18-13-20-21(28(3,4)38)12-17(2)33-26(20)22(29)14-18;/h6-7,12-16,38H,5,8-11H2,1-4H3,(H,31,32,34,35);1H. The first-order valence-electron chi connectivity index (χ1n) is 12.7. The number of fused-ring (bicyclic) bond motifs is 1. The SMILES string of the molecule is CCN1CCN(c2ccc(Nc3ncc(F)c(-c4cc(F)c5nc(C)cc(C(C)(C)O)c5c4)n3)nc2)CC1.Cl. The van der Waals surface area contributed by atoms with Crippen LogP contribution in [0.5, 0.6) is 0 Å². The number of aryl methyl sites for hydroxylation is 1. The highest BCUT2D eigenvalue weighted by molar-refractivity contribution is 5.88. The van der Waals surface area contributed by atoms with E-state index in [0.29, 0.717) is 22.5 Å². The highest BCUT2D eigenvalue weighted by Gasteiger charge is 2.23. The lowest BCUT2D eigenvalue weighted by Crippen LogP contribution is -2.46. The van der Waals surface area contributed by atoms with Crippen molar-refractivity contribution in [2.75, 3.05) is 42.9 Å². The minimum absolute atomic E-state index is 0. The Morgan fingerprint density at radius 2 is 1.72 bits per heavy atom. The summed E-state index contributed by atoms with van der Waals surface area (Å²) >= 11 is 0. The van der Waals surface area contributed by atoms with Crippen molar-refractivity contribution in [1.82, 2.24) is 24.8 Å². The molecule has 0 amide bonds. The number of anilines is 3. The average molecular weight is 556 g/mol. The number of hydrogen-bond acceptors (Lipinski definition) is 8. The molecule has 2 N–H and O–H groups in total. The molecule has 0 aliphatic carbocycles. The molecule has 1 aliphatic rings. The van der Waals surface area contributed by atoms with E-state index in [1.807, 2.05) is 12.1 Å². The van der Waals surface area contributed by atoms with Crippen molar-refractivity contribution in [1.29, 1.82) is 0 Å². The Morgan fingerprint density at radius 3 is 2.36 bits per heavy atom. The first kappa shape index (κ1) is 28.5. The zero-order chi connectivity index (χ0) is 27.0. The van der Waals surface area contributed by atoms with Crippen LogP contribution in [0, 0.1) is 18.6 Å². The molecule has 1 saturated heterocycles. The molecule has 8 nitrogen and oxygen atoms in total. The fourth-order valence-electron chi connectivity index (χ4n) is 4.77. The molecule has 5 rings (SSSR count).